The lowest BCUT2D eigenvalue weighted by Gasteiger charge is -2.45. The topological polar surface area (TPSA) is 142 Å². The zero-order valence-electron chi connectivity index (χ0n) is 47.9. The van der Waals surface area contributed by atoms with E-state index in [0.717, 1.165) is 108 Å². The van der Waals surface area contributed by atoms with Gasteiger partial charge in [0.15, 0.2) is 0 Å². The Bertz CT molecular complexity index is 2560. The SMILES string of the molecule is Cc1cc(CN2CCCC23CCN(C(=O)OC(C(F)(F)F)C(F)(F)F)CC3)cc(N2CCN(CC(=O)O)CC2)c1.Cc1cc(CN2CCCC23CCN(C(=O)OC(C(F)(F)F)C(F)(F)F)CC3)cc(N2CCN(CC(=O)OC(C)(C)C)CC2)c1. The van der Waals surface area contributed by atoms with Crippen LogP contribution >= 0.6 is 0 Å². The van der Waals surface area contributed by atoms with Crippen LogP contribution in [0.5, 0.6) is 0 Å². The molecule has 6 saturated heterocycles. The highest BCUT2D eigenvalue weighted by Crippen LogP contribution is 2.43. The number of carboxylic acids is 1. The zero-order valence-corrected chi connectivity index (χ0v) is 47.9. The number of rotatable bonds is 12. The van der Waals surface area contributed by atoms with Gasteiger partial charge < -0.3 is 38.9 Å². The van der Waals surface area contributed by atoms with E-state index >= 15 is 0 Å². The van der Waals surface area contributed by atoms with Gasteiger partial charge in [0.2, 0.25) is 0 Å². The molecule has 2 spiro atoms. The maximum atomic E-state index is 12.9. The predicted octanol–water partition coefficient (Wildman–Crippen LogP) is 9.78. The number of nitrogens with zero attached hydrogens (tertiary/aromatic N) is 8. The molecule has 6 heterocycles. The van der Waals surface area contributed by atoms with Gasteiger partial charge in [-0.05, 0) is 146 Å². The predicted molar refractivity (Wildman–Crippen MR) is 284 cm³/mol. The van der Waals surface area contributed by atoms with Crippen molar-refractivity contribution in [3.05, 3.63) is 58.7 Å². The van der Waals surface area contributed by atoms with Crippen molar-refractivity contribution in [2.24, 2.45) is 0 Å². The fourth-order valence-corrected chi connectivity index (χ4v) is 12.6. The van der Waals surface area contributed by atoms with E-state index in [1.165, 1.54) is 0 Å². The number of carboxylic acid groups (broad SMARTS) is 1. The number of piperazine rings is 2. The number of esters is 1. The smallest absolute Gasteiger partial charge is 0.434 e. The number of likely N-dealkylation sites (tertiary alicyclic amines) is 4. The third-order valence-electron chi connectivity index (χ3n) is 16.6. The molecule has 0 saturated carbocycles. The molecule has 0 radical (unpaired) electrons. The van der Waals surface area contributed by atoms with Gasteiger partial charge in [-0.3, -0.25) is 29.2 Å². The largest absolute Gasteiger partial charge is 0.480 e. The summed E-state index contributed by atoms with van der Waals surface area (Å²) >= 11 is 0. The second-order valence-electron chi connectivity index (χ2n) is 24.0. The van der Waals surface area contributed by atoms with Crippen molar-refractivity contribution < 1.29 is 91.2 Å². The van der Waals surface area contributed by atoms with Crippen molar-refractivity contribution in [1.29, 1.82) is 0 Å². The summed E-state index contributed by atoms with van der Waals surface area (Å²) in [4.78, 5) is 62.8. The third-order valence-corrected chi connectivity index (χ3v) is 16.6. The van der Waals surface area contributed by atoms with E-state index in [0.29, 0.717) is 65.0 Å². The monoisotopic (exact) mass is 1220 g/mol. The molecule has 0 unspecified atom stereocenters. The molecule has 2 aromatic rings. The Hall–Kier alpha value is -5.48. The number of benzene rings is 2. The Balaban J connectivity index is 0.000000242. The number of hydrogen-bond acceptors (Lipinski definition) is 13. The van der Waals surface area contributed by atoms with Gasteiger partial charge in [0.1, 0.15) is 5.60 Å². The van der Waals surface area contributed by atoms with Gasteiger partial charge in [-0.2, -0.15) is 52.7 Å². The molecule has 2 amide bonds. The van der Waals surface area contributed by atoms with Crippen LogP contribution in [0.2, 0.25) is 0 Å². The maximum Gasteiger partial charge on any atom is 0.434 e. The number of carbonyl (C=O) groups excluding carboxylic acids is 3. The van der Waals surface area contributed by atoms with Crippen LogP contribution in [0.25, 0.3) is 0 Å². The fourth-order valence-electron chi connectivity index (χ4n) is 12.6. The summed E-state index contributed by atoms with van der Waals surface area (Å²) in [5.74, 6) is -1.08. The van der Waals surface area contributed by atoms with Gasteiger partial charge >= 0.3 is 48.8 Å². The number of halogens is 12. The standard InChI is InChI=1S/C30H42F6N4O4.C26H34F6N4O4/c1-21-16-22(18-23(17-21)38-14-12-37(13-15-38)20-24(41)44-27(2,3)4)19-40-9-5-6-28(40)7-10-39(11-8-28)26(42)43-25(29(31,32)33)30(34,35)36;1-18-13-19(15-20(14-18)34-11-9-33(10-12-34)17-21(37)38)16-36-6-2-3-24(36)4-7-35(8-5-24)23(39)40-22(25(27,28)29)26(30,31)32/h16-18,25H,5-15,19-20H2,1-4H3;13-15,22H,2-12,16-17H2,1H3,(H,37,38). The van der Waals surface area contributed by atoms with Crippen LogP contribution in [0, 0.1) is 13.8 Å². The molecule has 6 fully saturated rings. The molecule has 84 heavy (non-hydrogen) atoms. The molecule has 0 aromatic heterocycles. The van der Waals surface area contributed by atoms with Crippen molar-refractivity contribution in [1.82, 2.24) is 29.4 Å². The van der Waals surface area contributed by atoms with Crippen LogP contribution in [-0.4, -0.2) is 217 Å². The number of carbonyl (C=O) groups is 4. The molecular formula is C56H76F12N8O8. The average molecular weight is 1220 g/mol. The Kier molecular flexibility index (Phi) is 20.6. The lowest BCUT2D eigenvalue weighted by molar-refractivity contribution is -0.309. The van der Waals surface area contributed by atoms with Crippen LogP contribution in [0.3, 0.4) is 0 Å². The van der Waals surface area contributed by atoms with Gasteiger partial charge in [0, 0.05) is 114 Å². The Labute approximate surface area is 480 Å². The van der Waals surface area contributed by atoms with E-state index < -0.39 is 60.7 Å². The Morgan fingerprint density at radius 2 is 0.833 bits per heavy atom. The Morgan fingerprint density at radius 1 is 0.488 bits per heavy atom. The van der Waals surface area contributed by atoms with Crippen LogP contribution in [0.4, 0.5) is 73.6 Å². The number of hydrogen-bond donors (Lipinski definition) is 1. The molecule has 6 aliphatic rings. The van der Waals surface area contributed by atoms with E-state index in [-0.39, 0.29) is 56.3 Å². The quantitative estimate of drug-likeness (QED) is 0.122. The fraction of sp³-hybridized carbons (Fsp3) is 0.714. The molecule has 472 valence electrons. The number of alkyl halides is 12. The third kappa shape index (κ3) is 17.6. The first-order valence-electron chi connectivity index (χ1n) is 28.3. The lowest BCUT2D eigenvalue weighted by atomic mass is 9.85. The van der Waals surface area contributed by atoms with Crippen molar-refractivity contribution in [3.63, 3.8) is 0 Å². The lowest BCUT2D eigenvalue weighted by Crippen LogP contribution is -2.54. The number of amides is 2. The van der Waals surface area contributed by atoms with Gasteiger partial charge in [-0.25, -0.2) is 9.59 Å². The Morgan fingerprint density at radius 3 is 1.15 bits per heavy atom. The van der Waals surface area contributed by atoms with Gasteiger partial charge in [0.25, 0.3) is 12.2 Å². The van der Waals surface area contributed by atoms with E-state index in [2.05, 4.69) is 70.4 Å². The minimum Gasteiger partial charge on any atom is -0.480 e. The van der Waals surface area contributed by atoms with E-state index in [4.69, 9.17) is 9.84 Å². The molecule has 8 rings (SSSR count). The zero-order chi connectivity index (χ0) is 61.8. The highest BCUT2D eigenvalue weighted by atomic mass is 19.4. The number of piperidine rings is 2. The molecule has 0 bridgehead atoms. The van der Waals surface area contributed by atoms with E-state index in [1.54, 1.807) is 0 Å². The van der Waals surface area contributed by atoms with Crippen molar-refractivity contribution in [2.45, 2.75) is 153 Å². The van der Waals surface area contributed by atoms with Gasteiger partial charge in [-0.1, -0.05) is 12.1 Å². The highest BCUT2D eigenvalue weighted by molar-refractivity contribution is 5.72. The van der Waals surface area contributed by atoms with Crippen LogP contribution in [0.15, 0.2) is 36.4 Å². The molecule has 2 aromatic carbocycles. The summed E-state index contributed by atoms with van der Waals surface area (Å²) in [6, 6.07) is 12.7. The molecule has 16 nitrogen and oxygen atoms in total. The maximum absolute atomic E-state index is 12.9. The van der Waals surface area contributed by atoms with Crippen molar-refractivity contribution in [2.75, 3.05) is 115 Å². The van der Waals surface area contributed by atoms with Crippen molar-refractivity contribution >= 4 is 35.5 Å². The summed E-state index contributed by atoms with van der Waals surface area (Å²) < 4.78 is 168. The number of ether oxygens (including phenoxy) is 3. The second kappa shape index (κ2) is 26.2. The number of aliphatic carboxylic acids is 1. The van der Waals surface area contributed by atoms with Gasteiger partial charge in [0.05, 0.1) is 13.1 Å². The first-order chi connectivity index (χ1) is 39.0. The van der Waals surface area contributed by atoms with Crippen LogP contribution in [0.1, 0.15) is 94.4 Å². The van der Waals surface area contributed by atoms with E-state index in [9.17, 15) is 71.9 Å². The first-order valence-corrected chi connectivity index (χ1v) is 28.3. The second-order valence-corrected chi connectivity index (χ2v) is 24.0. The normalized spacial score (nSPS) is 20.7. The van der Waals surface area contributed by atoms with Crippen LogP contribution in [-0.2, 0) is 36.9 Å². The molecule has 6 aliphatic heterocycles. The first kappa shape index (κ1) is 66.1. The minimum absolute atomic E-state index is 0.0114. The molecular weight excluding hydrogens is 1140 g/mol. The highest BCUT2D eigenvalue weighted by Gasteiger charge is 2.62. The molecule has 28 heteroatoms. The number of aryl methyl sites for hydroxylation is 2. The minimum atomic E-state index is -5.74. The van der Waals surface area contributed by atoms with Crippen LogP contribution < -0.4 is 9.80 Å². The van der Waals surface area contributed by atoms with E-state index in [1.807, 2.05) is 39.5 Å². The average Bonchev–Trinajstić information content (AvgIpc) is 2.53. The number of anilines is 2. The summed E-state index contributed by atoms with van der Waals surface area (Å²) in [6.07, 6.45) is -29.3. The molecule has 1 N–H and O–H groups in total. The molecule has 0 atom stereocenters. The van der Waals surface area contributed by atoms with Gasteiger partial charge in [-0.15, -0.1) is 0 Å². The summed E-state index contributed by atoms with van der Waals surface area (Å²) in [5, 5.41) is 9.03. The molecule has 0 aliphatic carbocycles. The van der Waals surface area contributed by atoms with Crippen molar-refractivity contribution in [3.8, 4) is 0 Å². The summed E-state index contributed by atoms with van der Waals surface area (Å²) in [6.45, 7) is 18.5. The summed E-state index contributed by atoms with van der Waals surface area (Å²) in [7, 11) is 0. The summed E-state index contributed by atoms with van der Waals surface area (Å²) in [5.41, 5.74) is 5.41.